The van der Waals surface area contributed by atoms with Crippen LogP contribution in [0.5, 0.6) is 0 Å². The van der Waals surface area contributed by atoms with E-state index in [4.69, 9.17) is 4.98 Å². The van der Waals surface area contributed by atoms with Crippen LogP contribution in [-0.4, -0.2) is 82.9 Å². The first-order valence-electron chi connectivity index (χ1n) is 17.4. The van der Waals surface area contributed by atoms with E-state index in [1.54, 1.807) is 12.1 Å². The first kappa shape index (κ1) is 36.1. The maximum Gasteiger partial charge on any atom is 0.403 e. The van der Waals surface area contributed by atoms with E-state index in [0.717, 1.165) is 66.9 Å². The van der Waals surface area contributed by atoms with Gasteiger partial charge < -0.3 is 10.4 Å². The monoisotopic (exact) mass is 704 g/mol. The number of carbonyl (C=O) groups excluding carboxylic acids is 1. The zero-order valence-electron chi connectivity index (χ0n) is 27.8. The first-order chi connectivity index (χ1) is 23.8. The number of hydrogen-bond acceptors (Lipinski definition) is 5. The highest BCUT2D eigenvalue weighted by Gasteiger charge is 2.61. The molecule has 0 spiro atoms. The maximum atomic E-state index is 14.4. The number of aromatic nitrogens is 1. The molecule has 2 aliphatic heterocycles. The molecule has 0 bridgehead atoms. The van der Waals surface area contributed by atoms with Gasteiger partial charge in [-0.05, 0) is 111 Å². The number of hydrogen-bond donors (Lipinski definition) is 2. The van der Waals surface area contributed by atoms with Gasteiger partial charge in [-0.15, -0.1) is 0 Å². The number of nitrogens with zero attached hydrogens (tertiary/aromatic N) is 3. The molecule has 1 aromatic heterocycles. The second-order valence-electron chi connectivity index (χ2n) is 14.0. The van der Waals surface area contributed by atoms with Crippen molar-refractivity contribution in [3.63, 3.8) is 0 Å². The van der Waals surface area contributed by atoms with Crippen molar-refractivity contribution in [2.75, 3.05) is 32.7 Å². The van der Waals surface area contributed by atoms with Crippen molar-refractivity contribution in [3.8, 4) is 11.3 Å². The molecule has 6 rings (SSSR count). The van der Waals surface area contributed by atoms with E-state index >= 15 is 0 Å². The topological polar surface area (TPSA) is 85.8 Å². The summed E-state index contributed by atoms with van der Waals surface area (Å²) in [5, 5.41) is 13.7. The number of alkyl halides is 6. The number of rotatable bonds is 9. The summed E-state index contributed by atoms with van der Waals surface area (Å²) in [6, 6.07) is 9.29. The second-order valence-corrected chi connectivity index (χ2v) is 14.0. The lowest BCUT2D eigenvalue weighted by atomic mass is 9.76. The number of likely N-dealkylation sites (tertiary alicyclic amines) is 2. The van der Waals surface area contributed by atoms with Crippen molar-refractivity contribution in [2.45, 2.75) is 89.1 Å². The highest BCUT2D eigenvalue weighted by atomic mass is 19.4. The largest absolute Gasteiger partial charge is 0.480 e. The Bertz CT molecular complexity index is 1710. The number of carbonyl (C=O) groups is 2. The Hall–Kier alpha value is -3.71. The summed E-state index contributed by atoms with van der Waals surface area (Å²) in [6.07, 6.45) is -2.13. The molecule has 1 aliphatic carbocycles. The van der Waals surface area contributed by atoms with Gasteiger partial charge in [-0.2, -0.15) is 26.3 Å². The molecule has 2 fully saturated rings. The van der Waals surface area contributed by atoms with Crippen molar-refractivity contribution >= 4 is 22.6 Å². The highest BCUT2D eigenvalue weighted by Crippen LogP contribution is 2.47. The molecule has 1 amide bonds. The van der Waals surface area contributed by atoms with Crippen LogP contribution in [0.4, 0.5) is 26.3 Å². The molecule has 3 aromatic rings. The Labute approximate surface area is 287 Å². The Morgan fingerprint density at radius 1 is 0.820 bits per heavy atom. The minimum Gasteiger partial charge on any atom is -0.480 e. The van der Waals surface area contributed by atoms with E-state index in [1.165, 1.54) is 36.0 Å². The lowest BCUT2D eigenvalue weighted by Crippen LogP contribution is -2.59. The van der Waals surface area contributed by atoms with Gasteiger partial charge in [-0.3, -0.25) is 19.6 Å². The van der Waals surface area contributed by atoms with Crippen LogP contribution in [0.15, 0.2) is 42.6 Å². The summed E-state index contributed by atoms with van der Waals surface area (Å²) in [5.74, 6) is -3.05. The molecule has 2 saturated heterocycles. The third-order valence-electron chi connectivity index (χ3n) is 10.7. The van der Waals surface area contributed by atoms with Gasteiger partial charge in [0.1, 0.15) is 11.5 Å². The number of aliphatic carboxylic acids is 1. The second kappa shape index (κ2) is 14.5. The van der Waals surface area contributed by atoms with Crippen LogP contribution in [0.25, 0.3) is 22.0 Å². The summed E-state index contributed by atoms with van der Waals surface area (Å²) in [7, 11) is 0. The van der Waals surface area contributed by atoms with Crippen molar-refractivity contribution in [1.82, 2.24) is 20.1 Å². The smallest absolute Gasteiger partial charge is 0.403 e. The lowest BCUT2D eigenvalue weighted by molar-refractivity contribution is -0.236. The molecule has 2 aromatic carbocycles. The molecule has 3 aliphatic rings. The van der Waals surface area contributed by atoms with Crippen LogP contribution in [0, 0.1) is 5.41 Å². The fraction of sp³-hybridized carbons (Fsp3) is 0.541. The number of amides is 1. The van der Waals surface area contributed by atoms with Gasteiger partial charge in [0.2, 0.25) is 5.91 Å². The standard InChI is InChI=1S/C37H42F6N4O3/c38-36(39,40)23-47-18-14-35(15-19-47,37(41,42)43)34(50)45-31(33(48)49)20-24-8-6-12-28-26(24)11-7-13-30(28)32-29-10-3-2-9-27(29)25(21-44-32)22-46-16-4-1-5-17-46/h6-8,11-13,21,31H,1-5,9-10,14-20,22-23H2,(H,45,50)(H,48,49)/t31-/m0/s1. The number of benzene rings is 2. The number of fused-ring (bicyclic) bond motifs is 2. The van der Waals surface area contributed by atoms with Gasteiger partial charge in [0, 0.05) is 24.7 Å². The molecule has 13 heteroatoms. The predicted molar refractivity (Wildman–Crippen MR) is 176 cm³/mol. The van der Waals surface area contributed by atoms with Crippen LogP contribution in [0.3, 0.4) is 0 Å². The van der Waals surface area contributed by atoms with E-state index in [9.17, 15) is 41.0 Å². The number of carboxylic acids is 1. The zero-order valence-corrected chi connectivity index (χ0v) is 27.8. The normalized spacial score (nSPS) is 19.6. The van der Waals surface area contributed by atoms with E-state index in [1.807, 2.05) is 30.5 Å². The van der Waals surface area contributed by atoms with Crippen LogP contribution in [0.2, 0.25) is 0 Å². The Morgan fingerprint density at radius 2 is 1.48 bits per heavy atom. The number of piperidine rings is 2. The fourth-order valence-corrected chi connectivity index (χ4v) is 8.01. The summed E-state index contributed by atoms with van der Waals surface area (Å²) >= 11 is 0. The molecule has 0 saturated carbocycles. The van der Waals surface area contributed by atoms with Crippen LogP contribution < -0.4 is 5.32 Å². The maximum absolute atomic E-state index is 14.4. The quantitative estimate of drug-likeness (QED) is 0.232. The lowest BCUT2D eigenvalue weighted by Gasteiger charge is -2.42. The average Bonchev–Trinajstić information content (AvgIpc) is 3.07. The minimum absolute atomic E-state index is 0.295. The molecule has 50 heavy (non-hydrogen) atoms. The molecule has 0 radical (unpaired) electrons. The number of nitrogens with one attached hydrogen (secondary N) is 1. The van der Waals surface area contributed by atoms with Crippen LogP contribution >= 0.6 is 0 Å². The zero-order chi connectivity index (χ0) is 35.7. The third kappa shape index (κ3) is 7.63. The highest BCUT2D eigenvalue weighted by molar-refractivity contribution is 5.99. The third-order valence-corrected chi connectivity index (χ3v) is 10.7. The van der Waals surface area contributed by atoms with Gasteiger partial charge >= 0.3 is 18.3 Å². The molecule has 270 valence electrons. The van der Waals surface area contributed by atoms with E-state index in [2.05, 4.69) is 10.2 Å². The van der Waals surface area contributed by atoms with Crippen molar-refractivity contribution in [1.29, 1.82) is 0 Å². The van der Waals surface area contributed by atoms with Crippen LogP contribution in [0.1, 0.15) is 67.2 Å². The summed E-state index contributed by atoms with van der Waals surface area (Å²) in [4.78, 5) is 34.0. The average molecular weight is 705 g/mol. The Kier molecular flexibility index (Phi) is 10.5. The van der Waals surface area contributed by atoms with E-state index < -0.39 is 68.2 Å². The van der Waals surface area contributed by atoms with Gasteiger partial charge in [0.25, 0.3) is 0 Å². The molecule has 1 atom stereocenters. The molecular weight excluding hydrogens is 662 g/mol. The number of pyridine rings is 1. The van der Waals surface area contributed by atoms with Gasteiger partial charge in [0.15, 0.2) is 0 Å². The minimum atomic E-state index is -5.09. The predicted octanol–water partition coefficient (Wildman–Crippen LogP) is 7.09. The van der Waals surface area contributed by atoms with Gasteiger partial charge in [-0.25, -0.2) is 4.79 Å². The van der Waals surface area contributed by atoms with Crippen molar-refractivity contribution in [3.05, 3.63) is 64.8 Å². The van der Waals surface area contributed by atoms with Gasteiger partial charge in [-0.1, -0.05) is 42.8 Å². The summed E-state index contributed by atoms with van der Waals surface area (Å²) in [5.41, 5.74) is 3.10. The number of halogens is 6. The number of carboxylic acid groups (broad SMARTS) is 1. The Balaban J connectivity index is 1.27. The SMILES string of the molecule is O=C(O)[C@H](Cc1cccc2c(-c3ncc(CN4CCCCC4)c4c3CCCC4)cccc12)NC(=O)C1(C(F)(F)F)CCN(CC(F)(F)F)CC1. The molecule has 3 heterocycles. The molecule has 7 nitrogen and oxygen atoms in total. The molecule has 0 unspecified atom stereocenters. The molecular formula is C37H42F6N4O3. The summed E-state index contributed by atoms with van der Waals surface area (Å²) < 4.78 is 81.9. The van der Waals surface area contributed by atoms with Crippen LogP contribution in [-0.2, 0) is 35.4 Å². The van der Waals surface area contributed by atoms with E-state index in [0.29, 0.717) is 10.9 Å². The van der Waals surface area contributed by atoms with Gasteiger partial charge in [0.05, 0.1) is 12.2 Å². The van der Waals surface area contributed by atoms with Crippen molar-refractivity contribution < 1.29 is 41.0 Å². The fourth-order valence-electron chi connectivity index (χ4n) is 8.01. The summed E-state index contributed by atoms with van der Waals surface area (Å²) in [6.45, 7) is 0.445. The first-order valence-corrected chi connectivity index (χ1v) is 17.4. The molecule has 2 N–H and O–H groups in total. The Morgan fingerprint density at radius 3 is 2.14 bits per heavy atom. The van der Waals surface area contributed by atoms with Crippen molar-refractivity contribution in [2.24, 2.45) is 5.41 Å². The van der Waals surface area contributed by atoms with E-state index in [-0.39, 0.29) is 6.42 Å².